The van der Waals surface area contributed by atoms with Gasteiger partial charge in [0.15, 0.2) is 0 Å². The maximum atomic E-state index is 10.8. The lowest BCUT2D eigenvalue weighted by molar-refractivity contribution is 0.0693. The first-order valence-corrected chi connectivity index (χ1v) is 5.07. The van der Waals surface area contributed by atoms with Crippen LogP contribution in [-0.4, -0.2) is 16.2 Å². The second-order valence-electron chi connectivity index (χ2n) is 2.84. The van der Waals surface area contributed by atoms with Gasteiger partial charge in [-0.3, -0.25) is 0 Å². The zero-order valence-electron chi connectivity index (χ0n) is 8.02. The number of aryl methyl sites for hydroxylation is 1. The SMILES string of the molecule is CCc1cc(SC#N)c(O)c(C(=O)O)c1. The zero-order valence-corrected chi connectivity index (χ0v) is 8.84. The van der Waals surface area contributed by atoms with Crippen LogP contribution in [0.5, 0.6) is 5.75 Å². The number of carbonyl (C=O) groups is 1. The van der Waals surface area contributed by atoms with E-state index in [1.807, 2.05) is 6.92 Å². The minimum atomic E-state index is -1.19. The second kappa shape index (κ2) is 4.71. The highest BCUT2D eigenvalue weighted by Gasteiger charge is 2.15. The molecule has 0 bridgehead atoms. The number of hydrogen-bond donors (Lipinski definition) is 2. The number of aromatic carboxylic acids is 1. The number of nitriles is 1. The fourth-order valence-electron chi connectivity index (χ4n) is 1.16. The summed E-state index contributed by atoms with van der Waals surface area (Å²) >= 11 is 0.755. The molecule has 0 aliphatic heterocycles. The number of nitrogens with zero attached hydrogens (tertiary/aromatic N) is 1. The van der Waals surface area contributed by atoms with Crippen molar-refractivity contribution >= 4 is 17.7 Å². The number of thiocyanates is 1. The average Bonchev–Trinajstić information content (AvgIpc) is 2.21. The minimum Gasteiger partial charge on any atom is -0.506 e. The summed E-state index contributed by atoms with van der Waals surface area (Å²) in [6.07, 6.45) is 0.652. The van der Waals surface area contributed by atoms with Crippen molar-refractivity contribution in [1.29, 1.82) is 5.26 Å². The van der Waals surface area contributed by atoms with Crippen LogP contribution in [-0.2, 0) is 6.42 Å². The first-order chi connectivity index (χ1) is 7.10. The van der Waals surface area contributed by atoms with Gasteiger partial charge in [-0.2, -0.15) is 5.26 Å². The smallest absolute Gasteiger partial charge is 0.339 e. The molecule has 0 amide bonds. The molecule has 1 aromatic rings. The van der Waals surface area contributed by atoms with E-state index in [-0.39, 0.29) is 16.2 Å². The van der Waals surface area contributed by atoms with Crippen molar-refractivity contribution in [2.24, 2.45) is 0 Å². The Balaban J connectivity index is 3.34. The molecule has 4 nitrogen and oxygen atoms in total. The Morgan fingerprint density at radius 3 is 2.73 bits per heavy atom. The van der Waals surface area contributed by atoms with Gasteiger partial charge >= 0.3 is 5.97 Å². The predicted molar refractivity (Wildman–Crippen MR) is 55.9 cm³/mol. The summed E-state index contributed by atoms with van der Waals surface area (Å²) in [4.78, 5) is 11.1. The normalized spacial score (nSPS) is 9.60. The Labute approximate surface area is 91.2 Å². The summed E-state index contributed by atoms with van der Waals surface area (Å²) in [6.45, 7) is 1.87. The molecule has 0 unspecified atom stereocenters. The number of carboxylic acids is 1. The predicted octanol–water partition coefficient (Wildman–Crippen LogP) is 2.23. The Kier molecular flexibility index (Phi) is 3.58. The summed E-state index contributed by atoms with van der Waals surface area (Å²) in [6, 6.07) is 3.04. The molecule has 0 fully saturated rings. The Bertz CT molecular complexity index is 437. The maximum Gasteiger partial charge on any atom is 0.339 e. The lowest BCUT2D eigenvalue weighted by Gasteiger charge is -2.06. The molecule has 0 aliphatic rings. The van der Waals surface area contributed by atoms with E-state index in [2.05, 4.69) is 0 Å². The van der Waals surface area contributed by atoms with E-state index in [1.54, 1.807) is 11.5 Å². The Morgan fingerprint density at radius 2 is 2.27 bits per heavy atom. The third kappa shape index (κ3) is 2.42. The molecule has 0 atom stereocenters. The standard InChI is InChI=1S/C10H9NO3S/c1-2-6-3-7(10(13)14)9(12)8(4-6)15-5-11/h3-4,12H,2H2,1H3,(H,13,14). The number of benzene rings is 1. The van der Waals surface area contributed by atoms with Gasteiger partial charge in [-0.25, -0.2) is 4.79 Å². The van der Waals surface area contributed by atoms with Crippen LogP contribution >= 0.6 is 11.8 Å². The topological polar surface area (TPSA) is 81.3 Å². The number of hydrogen-bond acceptors (Lipinski definition) is 4. The van der Waals surface area contributed by atoms with Gasteiger partial charge in [0, 0.05) is 0 Å². The van der Waals surface area contributed by atoms with E-state index in [1.165, 1.54) is 6.07 Å². The van der Waals surface area contributed by atoms with E-state index in [0.717, 1.165) is 17.3 Å². The van der Waals surface area contributed by atoms with Crippen molar-refractivity contribution < 1.29 is 15.0 Å². The molecule has 0 aliphatic carbocycles. The lowest BCUT2D eigenvalue weighted by Crippen LogP contribution is -1.99. The van der Waals surface area contributed by atoms with Crippen LogP contribution in [0.2, 0.25) is 0 Å². The fourth-order valence-corrected chi connectivity index (χ4v) is 1.67. The van der Waals surface area contributed by atoms with Gasteiger partial charge in [-0.15, -0.1) is 0 Å². The van der Waals surface area contributed by atoms with Gasteiger partial charge in [0.2, 0.25) is 0 Å². The first-order valence-electron chi connectivity index (χ1n) is 4.25. The summed E-state index contributed by atoms with van der Waals surface area (Å²) in [5.74, 6) is -1.53. The Hall–Kier alpha value is -1.67. The van der Waals surface area contributed by atoms with Crippen molar-refractivity contribution in [2.75, 3.05) is 0 Å². The molecule has 0 saturated carbocycles. The lowest BCUT2D eigenvalue weighted by atomic mass is 10.1. The van der Waals surface area contributed by atoms with E-state index in [4.69, 9.17) is 10.4 Å². The van der Waals surface area contributed by atoms with E-state index in [9.17, 15) is 9.90 Å². The maximum absolute atomic E-state index is 10.8. The highest BCUT2D eigenvalue weighted by Crippen LogP contribution is 2.32. The average molecular weight is 223 g/mol. The summed E-state index contributed by atoms with van der Waals surface area (Å²) in [5.41, 5.74) is 0.620. The summed E-state index contributed by atoms with van der Waals surface area (Å²) < 4.78 is 0. The number of rotatable bonds is 3. The zero-order chi connectivity index (χ0) is 11.4. The summed E-state index contributed by atoms with van der Waals surface area (Å²) in [5, 5.41) is 28.7. The van der Waals surface area contributed by atoms with Crippen LogP contribution in [0.15, 0.2) is 17.0 Å². The van der Waals surface area contributed by atoms with Crippen LogP contribution in [0.4, 0.5) is 0 Å². The van der Waals surface area contributed by atoms with Crippen LogP contribution < -0.4 is 0 Å². The molecule has 2 N–H and O–H groups in total. The van der Waals surface area contributed by atoms with Crippen molar-refractivity contribution in [3.05, 3.63) is 23.3 Å². The van der Waals surface area contributed by atoms with Crippen molar-refractivity contribution in [2.45, 2.75) is 18.2 Å². The number of phenols is 1. The number of carboxylic acid groups (broad SMARTS) is 1. The molecule has 0 saturated heterocycles. The van der Waals surface area contributed by atoms with Gasteiger partial charge in [-0.1, -0.05) is 6.92 Å². The monoisotopic (exact) mass is 223 g/mol. The van der Waals surface area contributed by atoms with Crippen molar-refractivity contribution in [1.82, 2.24) is 0 Å². The van der Waals surface area contributed by atoms with Crippen molar-refractivity contribution in [3.8, 4) is 11.2 Å². The summed E-state index contributed by atoms with van der Waals surface area (Å²) in [7, 11) is 0. The molecule has 15 heavy (non-hydrogen) atoms. The van der Waals surface area contributed by atoms with E-state index >= 15 is 0 Å². The number of thioether (sulfide) groups is 1. The molecule has 78 valence electrons. The van der Waals surface area contributed by atoms with E-state index in [0.29, 0.717) is 6.42 Å². The van der Waals surface area contributed by atoms with Gasteiger partial charge in [0.05, 0.1) is 4.90 Å². The first kappa shape index (κ1) is 11.4. The highest BCUT2D eigenvalue weighted by atomic mass is 32.2. The van der Waals surface area contributed by atoms with Crippen LogP contribution in [0.1, 0.15) is 22.8 Å². The molecular formula is C10H9NO3S. The molecule has 1 aromatic carbocycles. The quantitative estimate of drug-likeness (QED) is 0.606. The number of aromatic hydroxyl groups is 1. The van der Waals surface area contributed by atoms with Gasteiger partial charge in [0.1, 0.15) is 16.7 Å². The van der Waals surface area contributed by atoms with E-state index < -0.39 is 5.97 Å². The third-order valence-electron chi connectivity index (χ3n) is 1.93. The molecule has 0 spiro atoms. The van der Waals surface area contributed by atoms with Gasteiger partial charge in [0.25, 0.3) is 0 Å². The van der Waals surface area contributed by atoms with Crippen LogP contribution in [0, 0.1) is 10.7 Å². The minimum absolute atomic E-state index is 0.160. The van der Waals surface area contributed by atoms with Crippen molar-refractivity contribution in [3.63, 3.8) is 0 Å². The van der Waals surface area contributed by atoms with Crippen LogP contribution in [0.25, 0.3) is 0 Å². The van der Waals surface area contributed by atoms with Gasteiger partial charge < -0.3 is 10.2 Å². The molecule has 5 heteroatoms. The second-order valence-corrected chi connectivity index (χ2v) is 3.67. The molecule has 0 heterocycles. The van der Waals surface area contributed by atoms with Crippen LogP contribution in [0.3, 0.4) is 0 Å². The largest absolute Gasteiger partial charge is 0.506 e. The van der Waals surface area contributed by atoms with Gasteiger partial charge in [-0.05, 0) is 35.9 Å². The molecule has 0 aromatic heterocycles. The molecular weight excluding hydrogens is 214 g/mol. The Morgan fingerprint density at radius 1 is 1.60 bits per heavy atom. The molecule has 1 rings (SSSR count). The highest BCUT2D eigenvalue weighted by molar-refractivity contribution is 8.03. The molecule has 0 radical (unpaired) electrons. The third-order valence-corrected chi connectivity index (χ3v) is 2.55. The fraction of sp³-hybridized carbons (Fsp3) is 0.200.